The maximum atomic E-state index is 12.4. The molecule has 0 aromatic heterocycles. The number of nitrogens with zero attached hydrogens (tertiary/aromatic N) is 2. The number of amides is 3. The van der Waals surface area contributed by atoms with Gasteiger partial charge in [0, 0.05) is 39.6 Å². The standard InChI is InChI=1S/C15H30N4O2.ClH/c1-11(2)15(3,10-16)17-13(20)12-6-8-19(9-7-12)14(21)18(4)5;/h11-12H,6-10,16H2,1-5H3,(H,17,20);1H. The highest BCUT2D eigenvalue weighted by atomic mass is 35.5. The largest absolute Gasteiger partial charge is 0.349 e. The Labute approximate surface area is 140 Å². The van der Waals surface area contributed by atoms with Crippen molar-refractivity contribution in [2.24, 2.45) is 17.6 Å². The van der Waals surface area contributed by atoms with Gasteiger partial charge in [-0.25, -0.2) is 4.79 Å². The molecule has 1 aliphatic heterocycles. The molecule has 1 fully saturated rings. The SMILES string of the molecule is CC(C)C(C)(CN)NC(=O)C1CCN(C(=O)N(C)C)CC1.Cl. The summed E-state index contributed by atoms with van der Waals surface area (Å²) in [5.41, 5.74) is 5.44. The predicted molar refractivity (Wildman–Crippen MR) is 91.1 cm³/mol. The third-order valence-electron chi connectivity index (χ3n) is 4.63. The van der Waals surface area contributed by atoms with Gasteiger partial charge in [-0.15, -0.1) is 12.4 Å². The molecule has 6 nitrogen and oxygen atoms in total. The van der Waals surface area contributed by atoms with Crippen molar-refractivity contribution < 1.29 is 9.59 Å². The lowest BCUT2D eigenvalue weighted by atomic mass is 9.86. The molecule has 0 bridgehead atoms. The van der Waals surface area contributed by atoms with Crippen LogP contribution in [0.2, 0.25) is 0 Å². The van der Waals surface area contributed by atoms with Crippen LogP contribution >= 0.6 is 12.4 Å². The Bertz CT molecular complexity index is 382. The van der Waals surface area contributed by atoms with Crippen molar-refractivity contribution in [2.45, 2.75) is 39.2 Å². The van der Waals surface area contributed by atoms with Gasteiger partial charge in [-0.3, -0.25) is 4.79 Å². The summed E-state index contributed by atoms with van der Waals surface area (Å²) in [6.45, 7) is 7.80. The molecule has 0 aromatic carbocycles. The van der Waals surface area contributed by atoms with Crippen molar-refractivity contribution in [3.8, 4) is 0 Å². The van der Waals surface area contributed by atoms with E-state index < -0.39 is 0 Å². The van der Waals surface area contributed by atoms with Gasteiger partial charge < -0.3 is 20.9 Å². The van der Waals surface area contributed by atoms with Gasteiger partial charge in [0.2, 0.25) is 5.91 Å². The predicted octanol–water partition coefficient (Wildman–Crippen LogP) is 1.29. The maximum Gasteiger partial charge on any atom is 0.319 e. The maximum absolute atomic E-state index is 12.4. The van der Waals surface area contributed by atoms with Gasteiger partial charge >= 0.3 is 6.03 Å². The summed E-state index contributed by atoms with van der Waals surface area (Å²) in [5.74, 6) is 0.316. The molecule has 22 heavy (non-hydrogen) atoms. The lowest BCUT2D eigenvalue weighted by Crippen LogP contribution is -2.57. The number of likely N-dealkylation sites (tertiary alicyclic amines) is 1. The van der Waals surface area contributed by atoms with Crippen LogP contribution < -0.4 is 11.1 Å². The van der Waals surface area contributed by atoms with E-state index in [1.807, 2.05) is 6.92 Å². The Hall–Kier alpha value is -1.01. The minimum Gasteiger partial charge on any atom is -0.349 e. The van der Waals surface area contributed by atoms with Gasteiger partial charge in [0.1, 0.15) is 0 Å². The van der Waals surface area contributed by atoms with Crippen LogP contribution in [0.4, 0.5) is 4.79 Å². The van der Waals surface area contributed by atoms with E-state index >= 15 is 0 Å². The molecule has 0 saturated carbocycles. The highest BCUT2D eigenvalue weighted by Crippen LogP contribution is 2.21. The quantitative estimate of drug-likeness (QED) is 0.813. The van der Waals surface area contributed by atoms with Crippen LogP contribution in [0.1, 0.15) is 33.6 Å². The molecule has 3 amide bonds. The number of nitrogens with one attached hydrogen (secondary N) is 1. The van der Waals surface area contributed by atoms with Crippen LogP contribution in [0.3, 0.4) is 0 Å². The Balaban J connectivity index is 0.00000441. The zero-order valence-electron chi connectivity index (χ0n) is 14.4. The molecule has 7 heteroatoms. The first-order valence-corrected chi connectivity index (χ1v) is 7.69. The van der Waals surface area contributed by atoms with E-state index in [1.165, 1.54) is 0 Å². The Morgan fingerprint density at radius 1 is 1.32 bits per heavy atom. The van der Waals surface area contributed by atoms with E-state index in [9.17, 15) is 9.59 Å². The fourth-order valence-corrected chi connectivity index (χ4v) is 2.43. The number of halogens is 1. The van der Waals surface area contributed by atoms with Gasteiger partial charge in [0.15, 0.2) is 0 Å². The van der Waals surface area contributed by atoms with Crippen molar-refractivity contribution in [1.82, 2.24) is 15.1 Å². The van der Waals surface area contributed by atoms with E-state index in [2.05, 4.69) is 19.2 Å². The van der Waals surface area contributed by atoms with Crippen LogP contribution in [-0.4, -0.2) is 61.0 Å². The molecule has 1 saturated heterocycles. The van der Waals surface area contributed by atoms with E-state index in [-0.39, 0.29) is 41.7 Å². The molecular weight excluding hydrogens is 304 g/mol. The summed E-state index contributed by atoms with van der Waals surface area (Å²) >= 11 is 0. The second-order valence-electron chi connectivity index (χ2n) is 6.70. The van der Waals surface area contributed by atoms with Crippen LogP contribution in [0.25, 0.3) is 0 Å². The highest BCUT2D eigenvalue weighted by Gasteiger charge is 2.33. The molecule has 1 rings (SSSR count). The first-order chi connectivity index (χ1) is 9.71. The Morgan fingerprint density at radius 2 is 1.82 bits per heavy atom. The van der Waals surface area contributed by atoms with Crippen LogP contribution in [0.15, 0.2) is 0 Å². The number of carbonyl (C=O) groups is 2. The summed E-state index contributed by atoms with van der Waals surface area (Å²) < 4.78 is 0. The van der Waals surface area contributed by atoms with Crippen molar-refractivity contribution >= 4 is 24.3 Å². The molecule has 130 valence electrons. The number of rotatable bonds is 4. The third-order valence-corrected chi connectivity index (χ3v) is 4.63. The summed E-state index contributed by atoms with van der Waals surface area (Å²) in [4.78, 5) is 27.7. The monoisotopic (exact) mass is 334 g/mol. The number of hydrogen-bond acceptors (Lipinski definition) is 3. The van der Waals surface area contributed by atoms with Gasteiger partial charge in [0.05, 0.1) is 5.54 Å². The van der Waals surface area contributed by atoms with Gasteiger partial charge in [-0.2, -0.15) is 0 Å². The molecule has 0 spiro atoms. The zero-order valence-corrected chi connectivity index (χ0v) is 15.2. The number of nitrogens with two attached hydrogens (primary N) is 1. The number of hydrogen-bond donors (Lipinski definition) is 2. The molecule has 0 aromatic rings. The third kappa shape index (κ3) is 5.02. The zero-order chi connectivity index (χ0) is 16.2. The van der Waals surface area contributed by atoms with Crippen LogP contribution in [-0.2, 0) is 4.79 Å². The lowest BCUT2D eigenvalue weighted by molar-refractivity contribution is -0.128. The van der Waals surface area contributed by atoms with Crippen molar-refractivity contribution in [1.29, 1.82) is 0 Å². The lowest BCUT2D eigenvalue weighted by Gasteiger charge is -2.37. The fourth-order valence-electron chi connectivity index (χ4n) is 2.43. The molecule has 1 atom stereocenters. The van der Waals surface area contributed by atoms with Crippen molar-refractivity contribution in [3.05, 3.63) is 0 Å². The fraction of sp³-hybridized carbons (Fsp3) is 0.867. The first-order valence-electron chi connectivity index (χ1n) is 7.69. The van der Waals surface area contributed by atoms with E-state index in [1.54, 1.807) is 23.9 Å². The molecule has 3 N–H and O–H groups in total. The Morgan fingerprint density at radius 3 is 2.18 bits per heavy atom. The van der Waals surface area contributed by atoms with Gasteiger partial charge in [-0.1, -0.05) is 13.8 Å². The van der Waals surface area contributed by atoms with Crippen molar-refractivity contribution in [2.75, 3.05) is 33.7 Å². The average Bonchev–Trinajstić information content (AvgIpc) is 2.46. The molecule has 1 aliphatic rings. The topological polar surface area (TPSA) is 78.7 Å². The Kier molecular flexibility index (Phi) is 8.18. The molecule has 1 unspecified atom stereocenters. The smallest absolute Gasteiger partial charge is 0.319 e. The summed E-state index contributed by atoms with van der Waals surface area (Å²) in [6.07, 6.45) is 1.42. The second kappa shape index (κ2) is 8.58. The summed E-state index contributed by atoms with van der Waals surface area (Å²) in [7, 11) is 3.49. The average molecular weight is 335 g/mol. The number of urea groups is 1. The highest BCUT2D eigenvalue weighted by molar-refractivity contribution is 5.85. The van der Waals surface area contributed by atoms with Gasteiger partial charge in [0.25, 0.3) is 0 Å². The molecule has 1 heterocycles. The normalized spacial score (nSPS) is 18.4. The number of carbonyl (C=O) groups excluding carboxylic acids is 2. The summed E-state index contributed by atoms with van der Waals surface area (Å²) in [5, 5.41) is 3.10. The molecular formula is C15H31ClN4O2. The van der Waals surface area contributed by atoms with E-state index in [0.29, 0.717) is 32.5 Å². The van der Waals surface area contributed by atoms with Crippen LogP contribution in [0, 0.1) is 11.8 Å². The van der Waals surface area contributed by atoms with Crippen molar-refractivity contribution in [3.63, 3.8) is 0 Å². The van der Waals surface area contributed by atoms with E-state index in [0.717, 1.165) is 0 Å². The molecule has 0 radical (unpaired) electrons. The minimum absolute atomic E-state index is 0. The summed E-state index contributed by atoms with van der Waals surface area (Å²) in [6, 6.07) is 0.0165. The first kappa shape index (κ1) is 21.0. The van der Waals surface area contributed by atoms with Crippen LogP contribution in [0.5, 0.6) is 0 Å². The number of piperidine rings is 1. The van der Waals surface area contributed by atoms with E-state index in [4.69, 9.17) is 5.73 Å². The second-order valence-corrected chi connectivity index (χ2v) is 6.70. The van der Waals surface area contributed by atoms with Gasteiger partial charge in [-0.05, 0) is 25.7 Å². The minimum atomic E-state index is -0.367. The molecule has 0 aliphatic carbocycles.